The number of allylic oxidation sites excluding steroid dienone is 2. The third-order valence-corrected chi connectivity index (χ3v) is 4.82. The van der Waals surface area contributed by atoms with Crippen LogP contribution in [0.3, 0.4) is 0 Å². The number of fused-ring (bicyclic) bond motifs is 1. The average Bonchev–Trinajstić information content (AvgIpc) is 2.80. The molecule has 2 rings (SSSR count). The zero-order valence-corrected chi connectivity index (χ0v) is 11.1. The molecule has 18 heavy (non-hydrogen) atoms. The Kier molecular flexibility index (Phi) is 4.44. The molecule has 2 aliphatic carbocycles. The number of hydrogen-bond donors (Lipinski definition) is 2. The monoisotopic (exact) mass is 252 g/mol. The van der Waals surface area contributed by atoms with Crippen LogP contribution in [0.5, 0.6) is 0 Å². The third-order valence-electron chi connectivity index (χ3n) is 4.82. The minimum absolute atomic E-state index is 0.271. The highest BCUT2D eigenvalue weighted by Crippen LogP contribution is 2.52. The van der Waals surface area contributed by atoms with Gasteiger partial charge >= 0.3 is 5.97 Å². The summed E-state index contributed by atoms with van der Waals surface area (Å²) in [5, 5.41) is 18.0. The van der Waals surface area contributed by atoms with E-state index in [0.29, 0.717) is 24.4 Å². The quantitative estimate of drug-likeness (QED) is 0.584. The topological polar surface area (TPSA) is 57.5 Å². The van der Waals surface area contributed by atoms with Crippen molar-refractivity contribution in [3.05, 3.63) is 11.6 Å². The molecule has 0 unspecified atom stereocenters. The predicted octanol–water partition coefficient (Wildman–Crippen LogP) is 2.84. The highest BCUT2D eigenvalue weighted by atomic mass is 16.4. The fraction of sp³-hybridized carbons (Fsp3) is 0.800. The summed E-state index contributed by atoms with van der Waals surface area (Å²) in [4.78, 5) is 10.4. The van der Waals surface area contributed by atoms with Crippen molar-refractivity contribution in [1.82, 2.24) is 0 Å². The van der Waals surface area contributed by atoms with E-state index in [4.69, 9.17) is 5.11 Å². The summed E-state index contributed by atoms with van der Waals surface area (Å²) in [6.07, 6.45) is 7.72. The standard InChI is InChI=1S/C15H24O3/c1-10-6-12-7-11(4-2-3-5-15(17)18)8-13(12)14(10)9-16/h4,10,12-14,16H,2-3,5-9H2,1H3,(H,17,18)/b11-4+/t10-,12-,13+,14+/m1/s1. The molecule has 0 heterocycles. The van der Waals surface area contributed by atoms with E-state index in [0.717, 1.165) is 25.2 Å². The Labute approximate surface area is 109 Å². The van der Waals surface area contributed by atoms with Crippen LogP contribution in [0, 0.1) is 23.7 Å². The molecule has 0 aromatic heterocycles. The Morgan fingerprint density at radius 1 is 1.44 bits per heavy atom. The molecule has 2 saturated carbocycles. The number of aliphatic hydroxyl groups excluding tert-OH is 1. The Bertz CT molecular complexity index is 335. The molecular weight excluding hydrogens is 228 g/mol. The number of aliphatic carboxylic acids is 1. The van der Waals surface area contributed by atoms with Gasteiger partial charge in [0.2, 0.25) is 0 Å². The van der Waals surface area contributed by atoms with Crippen LogP contribution in [0.2, 0.25) is 0 Å². The van der Waals surface area contributed by atoms with Gasteiger partial charge in [0.1, 0.15) is 0 Å². The molecule has 3 heteroatoms. The van der Waals surface area contributed by atoms with E-state index in [9.17, 15) is 9.90 Å². The fourth-order valence-corrected chi connectivity index (χ4v) is 3.92. The normalized spacial score (nSPS) is 37.1. The summed E-state index contributed by atoms with van der Waals surface area (Å²) in [7, 11) is 0. The molecule has 3 nitrogen and oxygen atoms in total. The highest BCUT2D eigenvalue weighted by Gasteiger charge is 2.44. The molecule has 0 spiro atoms. The van der Waals surface area contributed by atoms with Crippen molar-refractivity contribution < 1.29 is 15.0 Å². The molecule has 0 bridgehead atoms. The maximum atomic E-state index is 10.4. The van der Waals surface area contributed by atoms with E-state index < -0.39 is 5.97 Å². The molecule has 0 aliphatic heterocycles. The van der Waals surface area contributed by atoms with E-state index in [1.165, 1.54) is 18.4 Å². The van der Waals surface area contributed by atoms with Gasteiger partial charge in [0.05, 0.1) is 0 Å². The lowest BCUT2D eigenvalue weighted by atomic mass is 9.89. The predicted molar refractivity (Wildman–Crippen MR) is 70.1 cm³/mol. The smallest absolute Gasteiger partial charge is 0.303 e. The Morgan fingerprint density at radius 3 is 2.89 bits per heavy atom. The van der Waals surface area contributed by atoms with Gasteiger partial charge in [-0.3, -0.25) is 4.79 Å². The van der Waals surface area contributed by atoms with E-state index in [-0.39, 0.29) is 6.42 Å². The summed E-state index contributed by atoms with van der Waals surface area (Å²) < 4.78 is 0. The molecule has 0 saturated heterocycles. The van der Waals surface area contributed by atoms with Crippen molar-refractivity contribution in [1.29, 1.82) is 0 Å². The molecule has 2 fully saturated rings. The van der Waals surface area contributed by atoms with Crippen LogP contribution in [0.4, 0.5) is 0 Å². The van der Waals surface area contributed by atoms with Gasteiger partial charge in [-0.2, -0.15) is 0 Å². The number of carboxylic acid groups (broad SMARTS) is 1. The molecular formula is C15H24O3. The second-order valence-electron chi connectivity index (χ2n) is 6.04. The van der Waals surface area contributed by atoms with Gasteiger partial charge in [0.15, 0.2) is 0 Å². The first-order valence-electron chi connectivity index (χ1n) is 7.12. The van der Waals surface area contributed by atoms with Crippen molar-refractivity contribution in [3.8, 4) is 0 Å². The number of aliphatic hydroxyl groups is 1. The van der Waals surface area contributed by atoms with Gasteiger partial charge in [-0.25, -0.2) is 0 Å². The molecule has 2 N–H and O–H groups in total. The van der Waals surface area contributed by atoms with Crippen LogP contribution in [-0.2, 0) is 4.79 Å². The number of hydrogen-bond acceptors (Lipinski definition) is 2. The second-order valence-corrected chi connectivity index (χ2v) is 6.04. The van der Waals surface area contributed by atoms with Crippen LogP contribution in [0.25, 0.3) is 0 Å². The minimum Gasteiger partial charge on any atom is -0.481 e. The maximum absolute atomic E-state index is 10.4. The van der Waals surface area contributed by atoms with Gasteiger partial charge in [-0.05, 0) is 55.8 Å². The van der Waals surface area contributed by atoms with Crippen LogP contribution >= 0.6 is 0 Å². The summed E-state index contributed by atoms with van der Waals surface area (Å²) in [5.41, 5.74) is 1.50. The van der Waals surface area contributed by atoms with E-state index in [1.807, 2.05) is 0 Å². The summed E-state index contributed by atoms with van der Waals surface area (Å²) >= 11 is 0. The Hall–Kier alpha value is -0.830. The molecule has 0 aromatic carbocycles. The number of unbranched alkanes of at least 4 members (excludes halogenated alkanes) is 1. The zero-order valence-electron chi connectivity index (χ0n) is 11.1. The summed E-state index contributed by atoms with van der Waals surface area (Å²) in [5.74, 6) is 1.89. The van der Waals surface area contributed by atoms with Gasteiger partial charge in [-0.1, -0.05) is 18.6 Å². The first kappa shape index (κ1) is 13.6. The summed E-state index contributed by atoms with van der Waals surface area (Å²) in [6, 6.07) is 0. The molecule has 0 aromatic rings. The second kappa shape index (κ2) is 5.87. The van der Waals surface area contributed by atoms with Crippen LogP contribution in [0.15, 0.2) is 11.6 Å². The molecule has 4 atom stereocenters. The van der Waals surface area contributed by atoms with Gasteiger partial charge in [0.25, 0.3) is 0 Å². The fourth-order valence-electron chi connectivity index (χ4n) is 3.92. The van der Waals surface area contributed by atoms with Gasteiger partial charge in [0, 0.05) is 13.0 Å². The first-order valence-corrected chi connectivity index (χ1v) is 7.12. The van der Waals surface area contributed by atoms with Crippen LogP contribution < -0.4 is 0 Å². The summed E-state index contributed by atoms with van der Waals surface area (Å²) in [6.45, 7) is 2.59. The first-order chi connectivity index (χ1) is 8.61. The Morgan fingerprint density at radius 2 is 2.22 bits per heavy atom. The van der Waals surface area contributed by atoms with Gasteiger partial charge < -0.3 is 10.2 Å². The minimum atomic E-state index is -0.703. The van der Waals surface area contributed by atoms with Crippen molar-refractivity contribution in [3.63, 3.8) is 0 Å². The van der Waals surface area contributed by atoms with E-state index in [2.05, 4.69) is 13.0 Å². The van der Waals surface area contributed by atoms with Crippen molar-refractivity contribution >= 4 is 5.97 Å². The number of carboxylic acids is 1. The van der Waals surface area contributed by atoms with E-state index >= 15 is 0 Å². The molecule has 0 amide bonds. The average molecular weight is 252 g/mol. The van der Waals surface area contributed by atoms with Crippen LogP contribution in [0.1, 0.15) is 45.4 Å². The lowest BCUT2D eigenvalue weighted by Crippen LogP contribution is -2.17. The van der Waals surface area contributed by atoms with Crippen molar-refractivity contribution in [2.75, 3.05) is 6.61 Å². The molecule has 102 valence electrons. The molecule has 2 aliphatic rings. The third kappa shape index (κ3) is 2.94. The lowest BCUT2D eigenvalue weighted by Gasteiger charge is -2.18. The zero-order chi connectivity index (χ0) is 13.1. The lowest BCUT2D eigenvalue weighted by molar-refractivity contribution is -0.137. The van der Waals surface area contributed by atoms with Crippen LogP contribution in [-0.4, -0.2) is 22.8 Å². The maximum Gasteiger partial charge on any atom is 0.303 e. The Balaban J connectivity index is 1.82. The van der Waals surface area contributed by atoms with Crippen molar-refractivity contribution in [2.45, 2.75) is 45.4 Å². The number of rotatable bonds is 5. The largest absolute Gasteiger partial charge is 0.481 e. The molecule has 0 radical (unpaired) electrons. The number of carbonyl (C=O) groups is 1. The SMILES string of the molecule is C[C@@H]1C[C@@H]2C/C(=C\CCCC(=O)O)C[C@@H]2[C@H]1CO. The van der Waals surface area contributed by atoms with Gasteiger partial charge in [-0.15, -0.1) is 0 Å². The van der Waals surface area contributed by atoms with E-state index in [1.54, 1.807) is 0 Å². The van der Waals surface area contributed by atoms with Crippen molar-refractivity contribution in [2.24, 2.45) is 23.7 Å². The highest BCUT2D eigenvalue weighted by molar-refractivity contribution is 5.66.